The summed E-state index contributed by atoms with van der Waals surface area (Å²) >= 11 is 0. The smallest absolute Gasteiger partial charge is 0.325 e. The lowest BCUT2D eigenvalue weighted by Gasteiger charge is -2.34. The molecule has 6 heteroatoms. The second kappa shape index (κ2) is 9.64. The third-order valence-corrected chi connectivity index (χ3v) is 7.71. The van der Waals surface area contributed by atoms with Gasteiger partial charge in [-0.05, 0) is 62.1 Å². The molecule has 1 aliphatic carbocycles. The average molecular weight is 448 g/mol. The number of carboxylic acid groups (broad SMARTS) is 1. The first kappa shape index (κ1) is 22.1. The number of benzene rings is 1. The quantitative estimate of drug-likeness (QED) is 0.754. The molecule has 3 heterocycles. The van der Waals surface area contributed by atoms with Crippen LogP contribution in [-0.2, 0) is 22.4 Å². The zero-order valence-corrected chi connectivity index (χ0v) is 19.2. The number of rotatable bonds is 5. The van der Waals surface area contributed by atoms with Gasteiger partial charge in [-0.3, -0.25) is 19.5 Å². The Morgan fingerprint density at radius 2 is 1.70 bits per heavy atom. The predicted octanol–water partition coefficient (Wildman–Crippen LogP) is 3.81. The Kier molecular flexibility index (Phi) is 6.45. The average Bonchev–Trinajstić information content (AvgIpc) is 3.33. The summed E-state index contributed by atoms with van der Waals surface area (Å²) in [7, 11) is 0. The summed E-state index contributed by atoms with van der Waals surface area (Å²) in [5, 5.41) is 9.83. The monoisotopic (exact) mass is 447 g/mol. The van der Waals surface area contributed by atoms with Crippen molar-refractivity contribution in [2.75, 3.05) is 26.2 Å². The van der Waals surface area contributed by atoms with Crippen LogP contribution in [0.15, 0.2) is 42.5 Å². The SMILES string of the molecule is O=C(O)C(c1ccccc1)N1CC[C@@H](C(=O)N2CCC(c3ccc4c(n3)CCCC4)CC2)C1. The number of amides is 1. The van der Waals surface area contributed by atoms with E-state index in [2.05, 4.69) is 12.1 Å². The summed E-state index contributed by atoms with van der Waals surface area (Å²) in [4.78, 5) is 34.2. The molecule has 174 valence electrons. The van der Waals surface area contributed by atoms with E-state index in [0.29, 0.717) is 19.0 Å². The van der Waals surface area contributed by atoms with E-state index in [4.69, 9.17) is 4.98 Å². The van der Waals surface area contributed by atoms with Gasteiger partial charge < -0.3 is 10.0 Å². The van der Waals surface area contributed by atoms with Crippen molar-refractivity contribution >= 4 is 11.9 Å². The fourth-order valence-electron chi connectivity index (χ4n) is 5.85. The summed E-state index contributed by atoms with van der Waals surface area (Å²) in [6.07, 6.45) is 7.39. The van der Waals surface area contributed by atoms with E-state index in [1.54, 1.807) is 0 Å². The molecular weight excluding hydrogens is 414 g/mol. The lowest BCUT2D eigenvalue weighted by molar-refractivity contribution is -0.144. The number of hydrogen-bond donors (Lipinski definition) is 1. The number of hydrogen-bond acceptors (Lipinski definition) is 4. The van der Waals surface area contributed by atoms with E-state index in [1.165, 1.54) is 29.8 Å². The van der Waals surface area contributed by atoms with Crippen molar-refractivity contribution in [3.63, 3.8) is 0 Å². The number of aromatic nitrogens is 1. The van der Waals surface area contributed by atoms with Gasteiger partial charge in [-0.2, -0.15) is 0 Å². The Hall–Kier alpha value is -2.73. The summed E-state index contributed by atoms with van der Waals surface area (Å²) in [6, 6.07) is 13.1. The number of carboxylic acids is 1. The maximum absolute atomic E-state index is 13.2. The highest BCUT2D eigenvalue weighted by atomic mass is 16.4. The molecule has 2 saturated heterocycles. The number of aliphatic carboxylic acids is 1. The highest BCUT2D eigenvalue weighted by Crippen LogP contribution is 2.32. The number of carbonyl (C=O) groups excluding carboxylic acids is 1. The molecule has 0 saturated carbocycles. The lowest BCUT2D eigenvalue weighted by atomic mass is 9.90. The fourth-order valence-corrected chi connectivity index (χ4v) is 5.85. The first-order valence-corrected chi connectivity index (χ1v) is 12.4. The van der Waals surface area contributed by atoms with Gasteiger partial charge >= 0.3 is 5.97 Å². The zero-order valence-electron chi connectivity index (χ0n) is 19.2. The summed E-state index contributed by atoms with van der Waals surface area (Å²) in [6.45, 7) is 2.67. The standard InChI is InChI=1S/C27H33N3O3/c31-26(22-14-17-30(18-22)25(27(32)33)21-7-2-1-3-8-21)29-15-12-20(13-16-29)24-11-10-19-6-4-5-9-23(19)28-24/h1-3,7-8,10-11,20,22,25H,4-6,9,12-18H2,(H,32,33)/t22-,25?/m1/s1. The van der Waals surface area contributed by atoms with Crippen LogP contribution in [0.4, 0.5) is 0 Å². The van der Waals surface area contributed by atoms with Crippen molar-refractivity contribution in [3.8, 4) is 0 Å². The van der Waals surface area contributed by atoms with Crippen LogP contribution in [0.3, 0.4) is 0 Å². The highest BCUT2D eigenvalue weighted by molar-refractivity contribution is 5.80. The third kappa shape index (κ3) is 4.67. The number of fused-ring (bicyclic) bond motifs is 1. The molecule has 1 N–H and O–H groups in total. The van der Waals surface area contributed by atoms with Crippen LogP contribution in [0, 0.1) is 5.92 Å². The Morgan fingerprint density at radius 1 is 0.939 bits per heavy atom. The maximum Gasteiger partial charge on any atom is 0.325 e. The molecule has 1 unspecified atom stereocenters. The lowest BCUT2D eigenvalue weighted by Crippen LogP contribution is -2.42. The molecule has 0 radical (unpaired) electrons. The predicted molar refractivity (Wildman–Crippen MR) is 126 cm³/mol. The molecule has 33 heavy (non-hydrogen) atoms. The van der Waals surface area contributed by atoms with Gasteiger partial charge in [-0.1, -0.05) is 36.4 Å². The van der Waals surface area contributed by atoms with E-state index in [9.17, 15) is 14.7 Å². The molecule has 1 aromatic carbocycles. The number of nitrogens with zero attached hydrogens (tertiary/aromatic N) is 3. The molecular formula is C27H33N3O3. The Balaban J connectivity index is 1.18. The van der Waals surface area contributed by atoms with E-state index in [1.807, 2.05) is 40.1 Å². The van der Waals surface area contributed by atoms with Crippen molar-refractivity contribution in [2.45, 2.75) is 56.9 Å². The molecule has 0 spiro atoms. The fraction of sp³-hybridized carbons (Fsp3) is 0.519. The minimum absolute atomic E-state index is 0.117. The van der Waals surface area contributed by atoms with Gasteiger partial charge in [0.25, 0.3) is 0 Å². The van der Waals surface area contributed by atoms with E-state index in [-0.39, 0.29) is 11.8 Å². The van der Waals surface area contributed by atoms with E-state index >= 15 is 0 Å². The van der Waals surface area contributed by atoms with Gasteiger partial charge in [-0.25, -0.2) is 0 Å². The van der Waals surface area contributed by atoms with Gasteiger partial charge in [0.05, 0.1) is 5.92 Å². The Bertz CT molecular complexity index is 1000. The van der Waals surface area contributed by atoms with Crippen molar-refractivity contribution in [3.05, 3.63) is 65.0 Å². The van der Waals surface area contributed by atoms with Crippen LogP contribution >= 0.6 is 0 Å². The summed E-state index contributed by atoms with van der Waals surface area (Å²) in [5.41, 5.74) is 4.67. The number of piperidine rings is 1. The van der Waals surface area contributed by atoms with Crippen LogP contribution in [0.5, 0.6) is 0 Å². The highest BCUT2D eigenvalue weighted by Gasteiger charge is 2.38. The van der Waals surface area contributed by atoms with Crippen LogP contribution < -0.4 is 0 Å². The van der Waals surface area contributed by atoms with Crippen LogP contribution in [0.2, 0.25) is 0 Å². The van der Waals surface area contributed by atoms with Gasteiger partial charge in [-0.15, -0.1) is 0 Å². The zero-order chi connectivity index (χ0) is 22.8. The second-order valence-electron chi connectivity index (χ2n) is 9.78. The summed E-state index contributed by atoms with van der Waals surface area (Å²) < 4.78 is 0. The second-order valence-corrected chi connectivity index (χ2v) is 9.78. The molecule has 2 aromatic rings. The van der Waals surface area contributed by atoms with Crippen LogP contribution in [0.25, 0.3) is 0 Å². The topological polar surface area (TPSA) is 73.7 Å². The van der Waals surface area contributed by atoms with Crippen LogP contribution in [0.1, 0.15) is 66.6 Å². The number of carbonyl (C=O) groups is 2. The molecule has 0 bridgehead atoms. The first-order chi connectivity index (χ1) is 16.1. The van der Waals surface area contributed by atoms with Gasteiger partial charge in [0.2, 0.25) is 5.91 Å². The molecule has 2 aliphatic heterocycles. The van der Waals surface area contributed by atoms with Crippen molar-refractivity contribution in [1.29, 1.82) is 0 Å². The minimum Gasteiger partial charge on any atom is -0.480 e. The van der Waals surface area contributed by atoms with Crippen molar-refractivity contribution in [2.24, 2.45) is 5.92 Å². The third-order valence-electron chi connectivity index (χ3n) is 7.71. The van der Waals surface area contributed by atoms with Crippen LogP contribution in [-0.4, -0.2) is 57.9 Å². The van der Waals surface area contributed by atoms with Crippen molar-refractivity contribution in [1.82, 2.24) is 14.8 Å². The van der Waals surface area contributed by atoms with E-state index in [0.717, 1.165) is 50.8 Å². The molecule has 1 amide bonds. The Labute approximate surface area is 195 Å². The van der Waals surface area contributed by atoms with Gasteiger partial charge in [0.1, 0.15) is 6.04 Å². The Morgan fingerprint density at radius 3 is 2.45 bits per heavy atom. The van der Waals surface area contributed by atoms with Gasteiger partial charge in [0, 0.05) is 43.5 Å². The summed E-state index contributed by atoms with van der Waals surface area (Å²) in [5.74, 6) is -0.357. The van der Waals surface area contributed by atoms with E-state index < -0.39 is 12.0 Å². The first-order valence-electron chi connectivity index (χ1n) is 12.4. The minimum atomic E-state index is -0.854. The largest absolute Gasteiger partial charge is 0.480 e. The molecule has 3 aliphatic rings. The molecule has 6 nitrogen and oxygen atoms in total. The number of aryl methyl sites for hydroxylation is 2. The van der Waals surface area contributed by atoms with Crippen molar-refractivity contribution < 1.29 is 14.7 Å². The van der Waals surface area contributed by atoms with Gasteiger partial charge in [0.15, 0.2) is 0 Å². The number of likely N-dealkylation sites (tertiary alicyclic amines) is 2. The maximum atomic E-state index is 13.2. The normalized spacial score (nSPS) is 22.7. The molecule has 2 atom stereocenters. The molecule has 1 aromatic heterocycles. The molecule has 5 rings (SSSR count). The molecule has 2 fully saturated rings. The number of pyridine rings is 1.